The van der Waals surface area contributed by atoms with Gasteiger partial charge in [0.05, 0.1) is 0 Å². The van der Waals surface area contributed by atoms with Gasteiger partial charge in [-0.05, 0) is 82.8 Å². The Kier molecular flexibility index (Phi) is 5.70. The van der Waals surface area contributed by atoms with Crippen LogP contribution in [0, 0.1) is 13.8 Å². The van der Waals surface area contributed by atoms with Crippen LogP contribution in [0.2, 0.25) is 0 Å². The lowest BCUT2D eigenvalue weighted by atomic mass is 9.93. The standard InChI is InChI=1S/C26H22S2/c1-19-7-9-21(10-8-19)26-18-22(11-13-24-5-3-15-27-24)20(2)17-23(26)12-14-25-6-4-16-28-25/h3-18H,1-2H3. The number of rotatable bonds is 5. The smallest absolute Gasteiger partial charge is 0.0270 e. The van der Waals surface area contributed by atoms with E-state index < -0.39 is 0 Å². The minimum atomic E-state index is 1.25. The second-order valence-corrected chi connectivity index (χ2v) is 8.82. The Morgan fingerprint density at radius 2 is 1.25 bits per heavy atom. The molecule has 0 aliphatic carbocycles. The predicted molar refractivity (Wildman–Crippen MR) is 128 cm³/mol. The molecule has 2 heteroatoms. The molecule has 0 atom stereocenters. The van der Waals surface area contributed by atoms with Crippen LogP contribution in [0.4, 0.5) is 0 Å². The number of aryl methyl sites for hydroxylation is 2. The van der Waals surface area contributed by atoms with Crippen molar-refractivity contribution in [1.82, 2.24) is 0 Å². The van der Waals surface area contributed by atoms with Crippen LogP contribution in [0.3, 0.4) is 0 Å². The number of benzene rings is 2. The van der Waals surface area contributed by atoms with Crippen LogP contribution in [0.25, 0.3) is 35.4 Å². The van der Waals surface area contributed by atoms with Crippen molar-refractivity contribution in [1.29, 1.82) is 0 Å². The highest BCUT2D eigenvalue weighted by Crippen LogP contribution is 2.30. The van der Waals surface area contributed by atoms with E-state index in [1.54, 1.807) is 22.7 Å². The maximum atomic E-state index is 2.32. The van der Waals surface area contributed by atoms with Gasteiger partial charge in [0.25, 0.3) is 0 Å². The molecule has 0 amide bonds. The van der Waals surface area contributed by atoms with Gasteiger partial charge in [0.1, 0.15) is 0 Å². The molecule has 2 aromatic carbocycles. The fourth-order valence-electron chi connectivity index (χ4n) is 3.16. The van der Waals surface area contributed by atoms with E-state index in [1.807, 2.05) is 0 Å². The molecule has 0 bridgehead atoms. The lowest BCUT2D eigenvalue weighted by Crippen LogP contribution is -1.90. The number of thiophene rings is 2. The van der Waals surface area contributed by atoms with Gasteiger partial charge in [-0.1, -0.05) is 60.2 Å². The zero-order valence-corrected chi connectivity index (χ0v) is 17.7. The molecule has 138 valence electrons. The van der Waals surface area contributed by atoms with Crippen molar-refractivity contribution < 1.29 is 0 Å². The molecule has 0 fully saturated rings. The zero-order valence-electron chi connectivity index (χ0n) is 16.1. The summed E-state index contributed by atoms with van der Waals surface area (Å²) >= 11 is 3.53. The Balaban J connectivity index is 1.78. The highest BCUT2D eigenvalue weighted by molar-refractivity contribution is 7.11. The van der Waals surface area contributed by atoms with Crippen molar-refractivity contribution in [3.63, 3.8) is 0 Å². The van der Waals surface area contributed by atoms with Crippen molar-refractivity contribution in [3.05, 3.63) is 103 Å². The minimum Gasteiger partial charge on any atom is -0.144 e. The quantitative estimate of drug-likeness (QED) is 0.316. The summed E-state index contributed by atoms with van der Waals surface area (Å²) in [5, 5.41) is 4.23. The van der Waals surface area contributed by atoms with E-state index in [0.717, 1.165) is 0 Å². The maximum Gasteiger partial charge on any atom is 0.0270 e. The fourth-order valence-corrected chi connectivity index (χ4v) is 4.40. The first-order valence-corrected chi connectivity index (χ1v) is 11.1. The summed E-state index contributed by atoms with van der Waals surface area (Å²) in [4.78, 5) is 2.55. The van der Waals surface area contributed by atoms with Gasteiger partial charge in [0.2, 0.25) is 0 Å². The van der Waals surface area contributed by atoms with E-state index in [2.05, 4.69) is 110 Å². The Labute approximate surface area is 175 Å². The van der Waals surface area contributed by atoms with E-state index in [9.17, 15) is 0 Å². The topological polar surface area (TPSA) is 0 Å². The van der Waals surface area contributed by atoms with Crippen LogP contribution < -0.4 is 0 Å². The van der Waals surface area contributed by atoms with E-state index in [-0.39, 0.29) is 0 Å². The number of hydrogen-bond donors (Lipinski definition) is 0. The van der Waals surface area contributed by atoms with Crippen molar-refractivity contribution in [2.24, 2.45) is 0 Å². The lowest BCUT2D eigenvalue weighted by molar-refractivity contribution is 1.42. The molecular weight excluding hydrogens is 376 g/mol. The van der Waals surface area contributed by atoms with Gasteiger partial charge in [0, 0.05) is 9.75 Å². The molecule has 4 rings (SSSR count). The summed E-state index contributed by atoms with van der Waals surface area (Å²) in [6.45, 7) is 4.32. The van der Waals surface area contributed by atoms with E-state index in [0.29, 0.717) is 0 Å². The normalized spacial score (nSPS) is 11.6. The highest BCUT2D eigenvalue weighted by atomic mass is 32.1. The average Bonchev–Trinajstić information content (AvgIpc) is 3.40. The van der Waals surface area contributed by atoms with Gasteiger partial charge in [-0.25, -0.2) is 0 Å². The molecule has 0 spiro atoms. The third-order valence-corrected chi connectivity index (χ3v) is 6.42. The SMILES string of the molecule is Cc1ccc(-c2cc(C=Cc3cccs3)c(C)cc2C=Cc2cccs2)cc1. The second-order valence-electron chi connectivity index (χ2n) is 6.86. The summed E-state index contributed by atoms with van der Waals surface area (Å²) < 4.78 is 0. The molecule has 28 heavy (non-hydrogen) atoms. The third-order valence-electron chi connectivity index (χ3n) is 4.74. The summed E-state index contributed by atoms with van der Waals surface area (Å²) in [6.07, 6.45) is 8.87. The minimum absolute atomic E-state index is 1.25. The first kappa shape index (κ1) is 18.7. The van der Waals surface area contributed by atoms with Crippen molar-refractivity contribution in [3.8, 4) is 11.1 Å². The molecule has 0 N–H and O–H groups in total. The summed E-state index contributed by atoms with van der Waals surface area (Å²) in [5.41, 5.74) is 7.60. The molecule has 0 nitrogen and oxygen atoms in total. The first-order chi connectivity index (χ1) is 13.7. The van der Waals surface area contributed by atoms with Gasteiger partial charge in [-0.3, -0.25) is 0 Å². The average molecular weight is 399 g/mol. The first-order valence-electron chi connectivity index (χ1n) is 9.34. The molecule has 0 saturated carbocycles. The van der Waals surface area contributed by atoms with E-state index in [4.69, 9.17) is 0 Å². The molecule has 0 radical (unpaired) electrons. The summed E-state index contributed by atoms with van der Waals surface area (Å²) in [6, 6.07) is 21.9. The third kappa shape index (κ3) is 4.41. The van der Waals surface area contributed by atoms with E-state index in [1.165, 1.54) is 43.1 Å². The van der Waals surface area contributed by atoms with Crippen molar-refractivity contribution in [2.75, 3.05) is 0 Å². The highest BCUT2D eigenvalue weighted by Gasteiger charge is 2.07. The van der Waals surface area contributed by atoms with Crippen LogP contribution in [-0.4, -0.2) is 0 Å². The molecule has 0 saturated heterocycles. The molecule has 0 unspecified atom stereocenters. The summed E-state index contributed by atoms with van der Waals surface area (Å²) in [5.74, 6) is 0. The van der Waals surface area contributed by atoms with Gasteiger partial charge >= 0.3 is 0 Å². The van der Waals surface area contributed by atoms with Crippen molar-refractivity contribution >= 4 is 47.0 Å². The van der Waals surface area contributed by atoms with Gasteiger partial charge in [-0.2, -0.15) is 0 Å². The Morgan fingerprint density at radius 1 is 0.643 bits per heavy atom. The van der Waals surface area contributed by atoms with Gasteiger partial charge < -0.3 is 0 Å². The number of hydrogen-bond acceptors (Lipinski definition) is 2. The zero-order chi connectivity index (χ0) is 19.3. The fraction of sp³-hybridized carbons (Fsp3) is 0.0769. The largest absolute Gasteiger partial charge is 0.144 e. The van der Waals surface area contributed by atoms with Crippen molar-refractivity contribution in [2.45, 2.75) is 13.8 Å². The van der Waals surface area contributed by atoms with Crippen LogP contribution in [0.15, 0.2) is 71.4 Å². The monoisotopic (exact) mass is 398 g/mol. The van der Waals surface area contributed by atoms with Crippen LogP contribution in [0.1, 0.15) is 32.0 Å². The Bertz CT molecular complexity index is 1090. The van der Waals surface area contributed by atoms with Crippen LogP contribution in [-0.2, 0) is 0 Å². The molecule has 2 heterocycles. The Hall–Kier alpha value is -2.68. The maximum absolute atomic E-state index is 2.32. The predicted octanol–water partition coefficient (Wildman–Crippen LogP) is 8.43. The Morgan fingerprint density at radius 3 is 1.82 bits per heavy atom. The molecule has 4 aromatic rings. The van der Waals surface area contributed by atoms with Gasteiger partial charge in [-0.15, -0.1) is 22.7 Å². The molecule has 0 aliphatic rings. The molecule has 2 aromatic heterocycles. The molecular formula is C26H22S2. The second kappa shape index (κ2) is 8.55. The van der Waals surface area contributed by atoms with Crippen LogP contribution in [0.5, 0.6) is 0 Å². The molecule has 0 aliphatic heterocycles. The lowest BCUT2D eigenvalue weighted by Gasteiger charge is -2.12. The summed E-state index contributed by atoms with van der Waals surface area (Å²) in [7, 11) is 0. The van der Waals surface area contributed by atoms with Crippen LogP contribution >= 0.6 is 22.7 Å². The van der Waals surface area contributed by atoms with Gasteiger partial charge in [0.15, 0.2) is 0 Å². The van der Waals surface area contributed by atoms with E-state index >= 15 is 0 Å².